The number of likely N-dealkylation sites (N-methyl/N-ethyl adjacent to an activating group) is 1. The van der Waals surface area contributed by atoms with Gasteiger partial charge in [0.2, 0.25) is 0 Å². The van der Waals surface area contributed by atoms with E-state index in [1.807, 2.05) is 4.68 Å². The van der Waals surface area contributed by atoms with Crippen molar-refractivity contribution >= 4 is 15.9 Å². The highest BCUT2D eigenvalue weighted by atomic mass is 79.9. The zero-order valence-electron chi connectivity index (χ0n) is 9.11. The second-order valence-corrected chi connectivity index (χ2v) is 4.76. The average Bonchev–Trinajstić information content (AvgIpc) is 2.59. The second-order valence-electron chi connectivity index (χ2n) is 4.01. The first kappa shape index (κ1) is 11.0. The molecule has 1 unspecified atom stereocenters. The van der Waals surface area contributed by atoms with Crippen LogP contribution >= 0.6 is 15.9 Å². The first-order chi connectivity index (χ1) is 7.22. The molecule has 0 spiro atoms. The number of hydrogen-bond donors (Lipinski definition) is 0. The summed E-state index contributed by atoms with van der Waals surface area (Å²) in [6.07, 6.45) is 4.18. The van der Waals surface area contributed by atoms with Crippen LogP contribution in [0.25, 0.3) is 0 Å². The van der Waals surface area contributed by atoms with Crippen molar-refractivity contribution in [3.05, 3.63) is 10.8 Å². The highest BCUT2D eigenvalue weighted by Gasteiger charge is 2.22. The molecule has 1 aromatic rings. The summed E-state index contributed by atoms with van der Waals surface area (Å²) in [6.45, 7) is 2.25. The number of hydrogen-bond acceptors (Lipinski definition) is 3. The highest BCUT2D eigenvalue weighted by Crippen LogP contribution is 2.30. The number of ether oxygens (including phenoxy) is 1. The fourth-order valence-electron chi connectivity index (χ4n) is 2.06. The molecule has 0 radical (unpaired) electrons. The maximum atomic E-state index is 5.20. The SMILES string of the molecule is COc1cnn(C2CCCN(C)C2)c1Br. The molecule has 0 bridgehead atoms. The van der Waals surface area contributed by atoms with Crippen molar-refractivity contribution in [3.8, 4) is 5.75 Å². The summed E-state index contributed by atoms with van der Waals surface area (Å²) in [5.41, 5.74) is 0. The summed E-state index contributed by atoms with van der Waals surface area (Å²) in [7, 11) is 3.82. The minimum absolute atomic E-state index is 0.460. The molecule has 84 valence electrons. The van der Waals surface area contributed by atoms with Crippen LogP contribution in [0.4, 0.5) is 0 Å². The zero-order chi connectivity index (χ0) is 10.8. The first-order valence-corrected chi connectivity index (χ1v) is 5.97. The van der Waals surface area contributed by atoms with Gasteiger partial charge in [-0.05, 0) is 42.4 Å². The largest absolute Gasteiger partial charge is 0.492 e. The quantitative estimate of drug-likeness (QED) is 0.825. The summed E-state index contributed by atoms with van der Waals surface area (Å²) in [5, 5.41) is 4.36. The molecule has 0 aromatic carbocycles. The molecule has 1 aliphatic heterocycles. The summed E-state index contributed by atoms with van der Waals surface area (Å²) in [4.78, 5) is 2.34. The number of rotatable bonds is 2. The molecule has 1 aliphatic rings. The monoisotopic (exact) mass is 273 g/mol. The van der Waals surface area contributed by atoms with Gasteiger partial charge < -0.3 is 9.64 Å². The van der Waals surface area contributed by atoms with E-state index in [-0.39, 0.29) is 0 Å². The molecule has 1 aromatic heterocycles. The topological polar surface area (TPSA) is 30.3 Å². The Morgan fingerprint density at radius 2 is 2.40 bits per heavy atom. The predicted octanol–water partition coefficient (Wildman–Crippen LogP) is 1.92. The summed E-state index contributed by atoms with van der Waals surface area (Å²) < 4.78 is 8.17. The van der Waals surface area contributed by atoms with E-state index in [0.717, 1.165) is 16.9 Å². The first-order valence-electron chi connectivity index (χ1n) is 5.18. The van der Waals surface area contributed by atoms with Crippen molar-refractivity contribution < 1.29 is 4.74 Å². The fourth-order valence-corrected chi connectivity index (χ4v) is 2.71. The minimum atomic E-state index is 0.460. The summed E-state index contributed by atoms with van der Waals surface area (Å²) in [6, 6.07) is 0.460. The molecular weight excluding hydrogens is 258 g/mol. The van der Waals surface area contributed by atoms with Gasteiger partial charge in [-0.25, -0.2) is 0 Å². The van der Waals surface area contributed by atoms with E-state index in [0.29, 0.717) is 6.04 Å². The van der Waals surface area contributed by atoms with Gasteiger partial charge in [-0.1, -0.05) is 0 Å². The van der Waals surface area contributed by atoms with E-state index in [1.165, 1.54) is 19.4 Å². The molecule has 0 N–H and O–H groups in total. The van der Waals surface area contributed by atoms with Gasteiger partial charge in [0.05, 0.1) is 19.3 Å². The summed E-state index contributed by atoms with van der Waals surface area (Å²) in [5.74, 6) is 0.809. The second kappa shape index (κ2) is 4.53. The van der Waals surface area contributed by atoms with E-state index in [2.05, 4.69) is 33.0 Å². The maximum Gasteiger partial charge on any atom is 0.171 e. The molecule has 0 amide bonds. The average molecular weight is 274 g/mol. The molecule has 0 saturated carbocycles. The molecule has 2 rings (SSSR count). The zero-order valence-corrected chi connectivity index (χ0v) is 10.7. The number of likely N-dealkylation sites (tertiary alicyclic amines) is 1. The van der Waals surface area contributed by atoms with Crippen molar-refractivity contribution in [2.75, 3.05) is 27.2 Å². The Hall–Kier alpha value is -0.550. The van der Waals surface area contributed by atoms with Crippen molar-refractivity contribution in [2.24, 2.45) is 0 Å². The van der Waals surface area contributed by atoms with Crippen LogP contribution in [0, 0.1) is 0 Å². The molecule has 4 nitrogen and oxygen atoms in total. The molecule has 1 fully saturated rings. The fraction of sp³-hybridized carbons (Fsp3) is 0.700. The number of aromatic nitrogens is 2. The Morgan fingerprint density at radius 3 is 3.00 bits per heavy atom. The van der Waals surface area contributed by atoms with E-state index < -0.39 is 0 Å². The van der Waals surface area contributed by atoms with Crippen molar-refractivity contribution in [2.45, 2.75) is 18.9 Å². The molecule has 1 atom stereocenters. The van der Waals surface area contributed by atoms with Gasteiger partial charge in [0.15, 0.2) is 5.75 Å². The molecule has 1 saturated heterocycles. The van der Waals surface area contributed by atoms with E-state index in [9.17, 15) is 0 Å². The van der Waals surface area contributed by atoms with Gasteiger partial charge >= 0.3 is 0 Å². The van der Waals surface area contributed by atoms with Crippen molar-refractivity contribution in [1.82, 2.24) is 14.7 Å². The van der Waals surface area contributed by atoms with Crippen LogP contribution in [-0.4, -0.2) is 41.9 Å². The van der Waals surface area contributed by atoms with Crippen LogP contribution in [0.15, 0.2) is 10.8 Å². The Balaban J connectivity index is 2.17. The van der Waals surface area contributed by atoms with Gasteiger partial charge in [-0.2, -0.15) is 5.10 Å². The predicted molar refractivity (Wildman–Crippen MR) is 62.2 cm³/mol. The maximum absolute atomic E-state index is 5.20. The standard InChI is InChI=1S/C10H16BrN3O/c1-13-5-3-4-8(7-13)14-10(11)9(15-2)6-12-14/h6,8H,3-5,7H2,1-2H3. The van der Waals surface area contributed by atoms with Crippen LogP contribution in [0.2, 0.25) is 0 Å². The normalized spacial score (nSPS) is 23.0. The number of methoxy groups -OCH3 is 1. The van der Waals surface area contributed by atoms with Crippen molar-refractivity contribution in [3.63, 3.8) is 0 Å². The third kappa shape index (κ3) is 2.18. The Kier molecular flexibility index (Phi) is 3.31. The number of halogens is 1. The lowest BCUT2D eigenvalue weighted by atomic mass is 10.1. The van der Waals surface area contributed by atoms with Gasteiger partial charge in [0.25, 0.3) is 0 Å². The lowest BCUT2D eigenvalue weighted by Gasteiger charge is -2.30. The number of piperidine rings is 1. The van der Waals surface area contributed by atoms with Gasteiger partial charge in [0, 0.05) is 6.54 Å². The Bertz CT molecular complexity index is 339. The van der Waals surface area contributed by atoms with Gasteiger partial charge in [0.1, 0.15) is 4.60 Å². The lowest BCUT2D eigenvalue weighted by Crippen LogP contribution is -2.34. The third-order valence-corrected chi connectivity index (χ3v) is 3.62. The molecular formula is C10H16BrN3O. The smallest absolute Gasteiger partial charge is 0.171 e. The molecule has 5 heteroatoms. The van der Waals surface area contributed by atoms with Crippen LogP contribution in [0.5, 0.6) is 5.75 Å². The van der Waals surface area contributed by atoms with E-state index >= 15 is 0 Å². The van der Waals surface area contributed by atoms with E-state index in [1.54, 1.807) is 13.3 Å². The van der Waals surface area contributed by atoms with E-state index in [4.69, 9.17) is 4.74 Å². The van der Waals surface area contributed by atoms with Crippen LogP contribution in [0.3, 0.4) is 0 Å². The highest BCUT2D eigenvalue weighted by molar-refractivity contribution is 9.10. The Morgan fingerprint density at radius 1 is 1.60 bits per heavy atom. The molecule has 0 aliphatic carbocycles. The lowest BCUT2D eigenvalue weighted by molar-refractivity contribution is 0.200. The van der Waals surface area contributed by atoms with Crippen LogP contribution < -0.4 is 4.74 Å². The molecule has 2 heterocycles. The van der Waals surface area contributed by atoms with Crippen molar-refractivity contribution in [1.29, 1.82) is 0 Å². The Labute approximate surface area is 98.3 Å². The van der Waals surface area contributed by atoms with Gasteiger partial charge in [-0.15, -0.1) is 0 Å². The van der Waals surface area contributed by atoms with Crippen LogP contribution in [-0.2, 0) is 0 Å². The molecule has 15 heavy (non-hydrogen) atoms. The van der Waals surface area contributed by atoms with Crippen LogP contribution in [0.1, 0.15) is 18.9 Å². The van der Waals surface area contributed by atoms with Gasteiger partial charge in [-0.3, -0.25) is 4.68 Å². The summed E-state index contributed by atoms with van der Waals surface area (Å²) >= 11 is 3.52. The number of nitrogens with zero attached hydrogens (tertiary/aromatic N) is 3. The third-order valence-electron chi connectivity index (χ3n) is 2.87. The minimum Gasteiger partial charge on any atom is -0.492 e.